The summed E-state index contributed by atoms with van der Waals surface area (Å²) in [6, 6.07) is 6.25. The lowest BCUT2D eigenvalue weighted by Crippen LogP contribution is -1.98. The fourth-order valence-corrected chi connectivity index (χ4v) is 2.94. The Labute approximate surface area is 119 Å². The molecule has 4 rings (SSSR count). The van der Waals surface area contributed by atoms with Crippen molar-refractivity contribution in [2.24, 2.45) is 4.99 Å². The van der Waals surface area contributed by atoms with E-state index in [0.717, 1.165) is 28.4 Å². The van der Waals surface area contributed by atoms with Gasteiger partial charge in [0.05, 0.1) is 12.1 Å². The summed E-state index contributed by atoms with van der Waals surface area (Å²) in [5, 5.41) is 3.36. The molecular weight excluding hydrogens is 270 g/mol. The standard InChI is InChI=1S/C14H11N5S/c1-8-17-13-12(20-7-16-13)14(18-8)19-11-3-2-9-5-15-6-10(9)4-11/h2-4,6-7H,5H2,1H3,(H,17,18,19). The summed E-state index contributed by atoms with van der Waals surface area (Å²) < 4.78 is 0.977. The van der Waals surface area contributed by atoms with Crippen LogP contribution in [0, 0.1) is 6.92 Å². The number of nitrogens with one attached hydrogen (secondary N) is 1. The highest BCUT2D eigenvalue weighted by Crippen LogP contribution is 2.28. The van der Waals surface area contributed by atoms with Crippen molar-refractivity contribution in [2.75, 3.05) is 5.32 Å². The maximum Gasteiger partial charge on any atom is 0.175 e. The van der Waals surface area contributed by atoms with Crippen LogP contribution in [0.1, 0.15) is 17.0 Å². The molecule has 0 saturated heterocycles. The number of nitrogens with zero attached hydrogens (tertiary/aromatic N) is 4. The van der Waals surface area contributed by atoms with Crippen LogP contribution in [0.25, 0.3) is 10.3 Å². The zero-order valence-corrected chi connectivity index (χ0v) is 11.6. The number of aliphatic imine (C=N–C) groups is 1. The number of thiazole rings is 1. The number of aromatic nitrogens is 3. The second-order valence-corrected chi connectivity index (χ2v) is 5.49. The van der Waals surface area contributed by atoms with E-state index in [4.69, 9.17) is 0 Å². The molecule has 0 saturated carbocycles. The van der Waals surface area contributed by atoms with Crippen molar-refractivity contribution in [3.8, 4) is 0 Å². The molecule has 1 aromatic carbocycles. The van der Waals surface area contributed by atoms with Crippen LogP contribution in [-0.4, -0.2) is 21.2 Å². The van der Waals surface area contributed by atoms with Crippen LogP contribution >= 0.6 is 11.3 Å². The lowest BCUT2D eigenvalue weighted by Gasteiger charge is -2.08. The SMILES string of the molecule is Cc1nc(Nc2ccc3c(c2)C=NC3)c2scnc2n1. The summed E-state index contributed by atoms with van der Waals surface area (Å²) >= 11 is 1.54. The predicted molar refractivity (Wildman–Crippen MR) is 81.0 cm³/mol. The zero-order chi connectivity index (χ0) is 13.5. The van der Waals surface area contributed by atoms with Gasteiger partial charge in [0.25, 0.3) is 0 Å². The number of fused-ring (bicyclic) bond motifs is 2. The van der Waals surface area contributed by atoms with E-state index in [1.807, 2.05) is 13.1 Å². The Hall–Kier alpha value is -2.34. The molecule has 1 N–H and O–H groups in total. The summed E-state index contributed by atoms with van der Waals surface area (Å²) in [5.74, 6) is 1.53. The van der Waals surface area contributed by atoms with Crippen LogP contribution in [0.2, 0.25) is 0 Å². The third-order valence-electron chi connectivity index (χ3n) is 3.21. The van der Waals surface area contributed by atoms with Crippen LogP contribution in [0.3, 0.4) is 0 Å². The van der Waals surface area contributed by atoms with Gasteiger partial charge in [-0.15, -0.1) is 11.3 Å². The first-order valence-corrected chi connectivity index (χ1v) is 7.15. The Morgan fingerprint density at radius 1 is 1.25 bits per heavy atom. The number of rotatable bonds is 2. The maximum atomic E-state index is 4.48. The van der Waals surface area contributed by atoms with E-state index in [0.29, 0.717) is 5.82 Å². The van der Waals surface area contributed by atoms with Crippen molar-refractivity contribution in [3.05, 3.63) is 40.7 Å². The predicted octanol–water partition coefficient (Wildman–Crippen LogP) is 3.07. The van der Waals surface area contributed by atoms with E-state index in [1.54, 1.807) is 16.8 Å². The zero-order valence-electron chi connectivity index (χ0n) is 10.8. The quantitative estimate of drug-likeness (QED) is 0.784. The van der Waals surface area contributed by atoms with Gasteiger partial charge in [0.15, 0.2) is 11.5 Å². The fourth-order valence-electron chi connectivity index (χ4n) is 2.27. The molecule has 1 aliphatic rings. The molecule has 6 heteroatoms. The third kappa shape index (κ3) is 1.85. The minimum Gasteiger partial charge on any atom is -0.339 e. The molecule has 0 atom stereocenters. The van der Waals surface area contributed by atoms with Gasteiger partial charge in [-0.2, -0.15) is 0 Å². The minimum atomic E-state index is 0.716. The second kappa shape index (κ2) is 4.35. The topological polar surface area (TPSA) is 63.1 Å². The van der Waals surface area contributed by atoms with E-state index in [-0.39, 0.29) is 0 Å². The largest absolute Gasteiger partial charge is 0.339 e. The second-order valence-electron chi connectivity index (χ2n) is 4.63. The molecule has 0 bridgehead atoms. The van der Waals surface area contributed by atoms with E-state index < -0.39 is 0 Å². The highest BCUT2D eigenvalue weighted by Gasteiger charge is 2.11. The van der Waals surface area contributed by atoms with E-state index in [9.17, 15) is 0 Å². The van der Waals surface area contributed by atoms with Gasteiger partial charge in [-0.25, -0.2) is 15.0 Å². The smallest absolute Gasteiger partial charge is 0.175 e. The molecule has 1 aliphatic heterocycles. The Morgan fingerprint density at radius 2 is 2.20 bits per heavy atom. The van der Waals surface area contributed by atoms with Crippen molar-refractivity contribution in [3.63, 3.8) is 0 Å². The van der Waals surface area contributed by atoms with Gasteiger partial charge in [-0.3, -0.25) is 4.99 Å². The van der Waals surface area contributed by atoms with Gasteiger partial charge in [0.1, 0.15) is 10.5 Å². The molecule has 0 radical (unpaired) electrons. The van der Waals surface area contributed by atoms with Crippen LogP contribution < -0.4 is 5.32 Å². The lowest BCUT2D eigenvalue weighted by atomic mass is 10.1. The van der Waals surface area contributed by atoms with Crippen molar-refractivity contribution in [1.29, 1.82) is 0 Å². The highest BCUT2D eigenvalue weighted by molar-refractivity contribution is 7.17. The number of benzene rings is 1. The molecule has 98 valence electrons. The third-order valence-corrected chi connectivity index (χ3v) is 4.03. The molecule has 0 aliphatic carbocycles. The fraction of sp³-hybridized carbons (Fsp3) is 0.143. The summed E-state index contributed by atoms with van der Waals surface area (Å²) in [6.45, 7) is 2.65. The minimum absolute atomic E-state index is 0.716. The summed E-state index contributed by atoms with van der Waals surface area (Å²) in [6.07, 6.45) is 1.91. The van der Waals surface area contributed by atoms with Crippen LogP contribution in [0.15, 0.2) is 28.7 Å². The highest BCUT2D eigenvalue weighted by atomic mass is 32.1. The first kappa shape index (κ1) is 11.5. The Bertz CT molecular complexity index is 837. The first-order chi connectivity index (χ1) is 9.79. The number of hydrogen-bond acceptors (Lipinski definition) is 6. The Morgan fingerprint density at radius 3 is 3.15 bits per heavy atom. The molecule has 0 unspecified atom stereocenters. The van der Waals surface area contributed by atoms with Crippen LogP contribution in [0.5, 0.6) is 0 Å². The molecule has 0 fully saturated rings. The normalized spacial score (nSPS) is 12.8. The van der Waals surface area contributed by atoms with Gasteiger partial charge in [-0.05, 0) is 30.2 Å². The molecular formula is C14H11N5S. The maximum absolute atomic E-state index is 4.48. The lowest BCUT2D eigenvalue weighted by molar-refractivity contribution is 1.08. The average molecular weight is 281 g/mol. The van der Waals surface area contributed by atoms with E-state index >= 15 is 0 Å². The summed E-state index contributed by atoms with van der Waals surface area (Å²) in [4.78, 5) is 17.3. The van der Waals surface area contributed by atoms with Crippen molar-refractivity contribution < 1.29 is 0 Å². The molecule has 3 heterocycles. The molecule has 3 aromatic rings. The average Bonchev–Trinajstić information content (AvgIpc) is 3.05. The summed E-state index contributed by atoms with van der Waals surface area (Å²) in [7, 11) is 0. The summed E-state index contributed by atoms with van der Waals surface area (Å²) in [5.41, 5.74) is 5.97. The molecule has 0 spiro atoms. The Balaban J connectivity index is 1.77. The van der Waals surface area contributed by atoms with Crippen LogP contribution in [-0.2, 0) is 6.54 Å². The number of anilines is 2. The first-order valence-electron chi connectivity index (χ1n) is 6.27. The number of hydrogen-bond donors (Lipinski definition) is 1. The Kier molecular flexibility index (Phi) is 2.50. The monoisotopic (exact) mass is 281 g/mol. The van der Waals surface area contributed by atoms with E-state index in [2.05, 4.69) is 43.5 Å². The van der Waals surface area contributed by atoms with Gasteiger partial charge in [0, 0.05) is 11.9 Å². The van der Waals surface area contributed by atoms with Crippen molar-refractivity contribution in [2.45, 2.75) is 13.5 Å². The molecule has 5 nitrogen and oxygen atoms in total. The van der Waals surface area contributed by atoms with E-state index in [1.165, 1.54) is 11.1 Å². The number of aryl methyl sites for hydroxylation is 1. The van der Waals surface area contributed by atoms with Gasteiger partial charge in [0.2, 0.25) is 0 Å². The van der Waals surface area contributed by atoms with Crippen LogP contribution in [0.4, 0.5) is 11.5 Å². The van der Waals surface area contributed by atoms with Gasteiger partial charge >= 0.3 is 0 Å². The van der Waals surface area contributed by atoms with Gasteiger partial charge < -0.3 is 5.32 Å². The van der Waals surface area contributed by atoms with Crippen molar-refractivity contribution in [1.82, 2.24) is 15.0 Å². The molecule has 20 heavy (non-hydrogen) atoms. The van der Waals surface area contributed by atoms with Crippen molar-refractivity contribution >= 4 is 39.4 Å². The molecule has 0 amide bonds. The van der Waals surface area contributed by atoms with Gasteiger partial charge in [-0.1, -0.05) is 6.07 Å². The molecule has 2 aromatic heterocycles.